The molecule has 1 aromatic heterocycles. The third-order valence-electron chi connectivity index (χ3n) is 3.01. The van der Waals surface area contributed by atoms with E-state index in [1.54, 1.807) is 11.3 Å². The van der Waals surface area contributed by atoms with Crippen molar-refractivity contribution in [1.82, 2.24) is 0 Å². The molecular formula is C15H18OS. The molecule has 1 aromatic carbocycles. The summed E-state index contributed by atoms with van der Waals surface area (Å²) >= 11 is 1.67. The van der Waals surface area contributed by atoms with Crippen molar-refractivity contribution in [1.29, 1.82) is 0 Å². The van der Waals surface area contributed by atoms with Gasteiger partial charge in [-0.2, -0.15) is 0 Å². The van der Waals surface area contributed by atoms with E-state index in [0.29, 0.717) is 0 Å². The molecule has 0 aliphatic heterocycles. The molecule has 1 heterocycles. The first-order valence-electron chi connectivity index (χ1n) is 6.09. The zero-order chi connectivity index (χ0) is 12.1. The molecule has 0 aliphatic carbocycles. The minimum Gasteiger partial charge on any atom is -0.388 e. The molecule has 0 spiro atoms. The van der Waals surface area contributed by atoms with Crippen LogP contribution >= 0.6 is 11.3 Å². The summed E-state index contributed by atoms with van der Waals surface area (Å²) in [4.78, 5) is 1.14. The van der Waals surface area contributed by atoms with E-state index in [-0.39, 0.29) is 6.10 Å². The first-order valence-corrected chi connectivity index (χ1v) is 6.97. The monoisotopic (exact) mass is 246 g/mol. The summed E-state index contributed by atoms with van der Waals surface area (Å²) in [6.07, 6.45) is 2.42. The van der Waals surface area contributed by atoms with Gasteiger partial charge in [-0.3, -0.25) is 0 Å². The zero-order valence-corrected chi connectivity index (χ0v) is 10.9. The Morgan fingerprint density at radius 3 is 2.65 bits per heavy atom. The lowest BCUT2D eigenvalue weighted by atomic mass is 10.0. The Morgan fingerprint density at radius 2 is 1.94 bits per heavy atom. The Labute approximate surface area is 107 Å². The molecule has 0 saturated heterocycles. The Kier molecular flexibility index (Phi) is 4.35. The van der Waals surface area contributed by atoms with Crippen LogP contribution in [0.2, 0.25) is 0 Å². The van der Waals surface area contributed by atoms with Crippen molar-refractivity contribution in [3.05, 3.63) is 57.8 Å². The van der Waals surface area contributed by atoms with Crippen LogP contribution in [-0.4, -0.2) is 5.11 Å². The highest BCUT2D eigenvalue weighted by Crippen LogP contribution is 2.28. The number of aryl methyl sites for hydroxylation is 2. The van der Waals surface area contributed by atoms with Crippen LogP contribution in [0.4, 0.5) is 0 Å². The van der Waals surface area contributed by atoms with Gasteiger partial charge in [0.1, 0.15) is 0 Å². The van der Waals surface area contributed by atoms with Crippen molar-refractivity contribution in [2.75, 3.05) is 0 Å². The normalized spacial score (nSPS) is 12.6. The van der Waals surface area contributed by atoms with Crippen LogP contribution in [0.5, 0.6) is 0 Å². The third kappa shape index (κ3) is 3.18. The van der Waals surface area contributed by atoms with Crippen LogP contribution in [0.25, 0.3) is 0 Å². The lowest BCUT2D eigenvalue weighted by Crippen LogP contribution is -2.00. The number of aliphatic hydroxyl groups excluding tert-OH is 1. The van der Waals surface area contributed by atoms with Gasteiger partial charge in [0.25, 0.3) is 0 Å². The number of thiophene rings is 1. The van der Waals surface area contributed by atoms with Gasteiger partial charge >= 0.3 is 0 Å². The third-order valence-corrected chi connectivity index (χ3v) is 4.07. The van der Waals surface area contributed by atoms with Crippen molar-refractivity contribution in [2.24, 2.45) is 0 Å². The second-order valence-electron chi connectivity index (χ2n) is 4.20. The first-order chi connectivity index (χ1) is 8.31. The maximum Gasteiger partial charge on any atom is 0.0887 e. The highest BCUT2D eigenvalue weighted by Gasteiger charge is 2.12. The maximum atomic E-state index is 10.2. The Balaban J connectivity index is 1.96. The Hall–Kier alpha value is -1.12. The molecule has 0 amide bonds. The highest BCUT2D eigenvalue weighted by atomic mass is 32.1. The predicted octanol–water partition coefficient (Wildman–Crippen LogP) is 3.98. The molecule has 2 rings (SSSR count). The van der Waals surface area contributed by atoms with Gasteiger partial charge in [-0.1, -0.05) is 37.3 Å². The molecular weight excluding hydrogens is 228 g/mol. The van der Waals surface area contributed by atoms with E-state index in [1.165, 1.54) is 11.1 Å². The van der Waals surface area contributed by atoms with Crippen molar-refractivity contribution in [3.63, 3.8) is 0 Å². The highest BCUT2D eigenvalue weighted by molar-refractivity contribution is 7.10. The summed E-state index contributed by atoms with van der Waals surface area (Å²) in [5, 5.41) is 12.3. The number of hydrogen-bond acceptors (Lipinski definition) is 2. The Bertz CT molecular complexity index is 447. The van der Waals surface area contributed by atoms with E-state index in [9.17, 15) is 5.11 Å². The van der Waals surface area contributed by atoms with Gasteiger partial charge < -0.3 is 5.11 Å². The second kappa shape index (κ2) is 5.99. The average Bonchev–Trinajstić information content (AvgIpc) is 2.85. The average molecular weight is 246 g/mol. The van der Waals surface area contributed by atoms with Gasteiger partial charge in [0, 0.05) is 4.88 Å². The van der Waals surface area contributed by atoms with Gasteiger partial charge in [-0.25, -0.2) is 0 Å². The molecule has 2 heteroatoms. The summed E-state index contributed by atoms with van der Waals surface area (Å²) in [5.74, 6) is 0. The van der Waals surface area contributed by atoms with E-state index in [4.69, 9.17) is 0 Å². The first kappa shape index (κ1) is 12.3. The van der Waals surface area contributed by atoms with E-state index < -0.39 is 0 Å². The van der Waals surface area contributed by atoms with Crippen molar-refractivity contribution in [2.45, 2.75) is 32.3 Å². The molecule has 1 unspecified atom stereocenters. The summed E-state index contributed by atoms with van der Waals surface area (Å²) in [6.45, 7) is 2.13. The topological polar surface area (TPSA) is 20.2 Å². The molecule has 1 N–H and O–H groups in total. The summed E-state index contributed by atoms with van der Waals surface area (Å²) in [5.41, 5.74) is 2.58. The Morgan fingerprint density at radius 1 is 1.18 bits per heavy atom. The van der Waals surface area contributed by atoms with E-state index in [2.05, 4.69) is 30.5 Å². The largest absolute Gasteiger partial charge is 0.388 e. The molecule has 17 heavy (non-hydrogen) atoms. The summed E-state index contributed by atoms with van der Waals surface area (Å²) in [7, 11) is 0. The van der Waals surface area contributed by atoms with E-state index >= 15 is 0 Å². The van der Waals surface area contributed by atoms with Crippen LogP contribution in [0.15, 0.2) is 41.8 Å². The molecule has 0 radical (unpaired) electrons. The van der Waals surface area contributed by atoms with Gasteiger partial charge in [-0.05, 0) is 41.8 Å². The van der Waals surface area contributed by atoms with Crippen LogP contribution in [-0.2, 0) is 12.8 Å². The minimum atomic E-state index is -0.315. The van der Waals surface area contributed by atoms with Gasteiger partial charge in [-0.15, -0.1) is 11.3 Å². The van der Waals surface area contributed by atoms with Gasteiger partial charge in [0.2, 0.25) is 0 Å². The standard InChI is InChI=1S/C15H18OS/c1-2-13-10-11-17-15(13)14(16)9-8-12-6-4-3-5-7-12/h3-7,10-11,14,16H,2,8-9H2,1H3. The van der Waals surface area contributed by atoms with Crippen molar-refractivity contribution in [3.8, 4) is 0 Å². The fourth-order valence-corrected chi connectivity index (χ4v) is 3.03. The van der Waals surface area contributed by atoms with Crippen LogP contribution < -0.4 is 0 Å². The van der Waals surface area contributed by atoms with Crippen molar-refractivity contribution >= 4 is 11.3 Å². The van der Waals surface area contributed by atoms with Crippen LogP contribution in [0, 0.1) is 0 Å². The number of aliphatic hydroxyl groups is 1. The lowest BCUT2D eigenvalue weighted by molar-refractivity contribution is 0.170. The van der Waals surface area contributed by atoms with Gasteiger partial charge in [0.05, 0.1) is 6.10 Å². The molecule has 0 saturated carbocycles. The van der Waals surface area contributed by atoms with Crippen LogP contribution in [0.3, 0.4) is 0 Å². The predicted molar refractivity (Wildman–Crippen MR) is 73.4 cm³/mol. The van der Waals surface area contributed by atoms with Gasteiger partial charge in [0.15, 0.2) is 0 Å². The summed E-state index contributed by atoms with van der Waals surface area (Å²) < 4.78 is 0. The lowest BCUT2D eigenvalue weighted by Gasteiger charge is -2.10. The smallest absolute Gasteiger partial charge is 0.0887 e. The van der Waals surface area contributed by atoms with Crippen molar-refractivity contribution < 1.29 is 5.11 Å². The molecule has 0 fully saturated rings. The number of benzene rings is 1. The molecule has 0 bridgehead atoms. The number of hydrogen-bond donors (Lipinski definition) is 1. The van der Waals surface area contributed by atoms with Crippen LogP contribution in [0.1, 0.15) is 35.5 Å². The maximum absolute atomic E-state index is 10.2. The zero-order valence-electron chi connectivity index (χ0n) is 10.1. The number of rotatable bonds is 5. The van der Waals surface area contributed by atoms with E-state index in [0.717, 1.165) is 24.1 Å². The quantitative estimate of drug-likeness (QED) is 0.846. The molecule has 2 aromatic rings. The SMILES string of the molecule is CCc1ccsc1C(O)CCc1ccccc1. The van der Waals surface area contributed by atoms with E-state index in [1.807, 2.05) is 18.2 Å². The molecule has 0 aliphatic rings. The fourth-order valence-electron chi connectivity index (χ4n) is 2.01. The second-order valence-corrected chi connectivity index (χ2v) is 5.15. The molecule has 1 nitrogen and oxygen atoms in total. The molecule has 1 atom stereocenters. The fraction of sp³-hybridized carbons (Fsp3) is 0.333. The summed E-state index contributed by atoms with van der Waals surface area (Å²) in [6, 6.07) is 12.5. The minimum absolute atomic E-state index is 0.315. The molecule has 90 valence electrons.